The van der Waals surface area contributed by atoms with Crippen LogP contribution in [0.5, 0.6) is 0 Å². The van der Waals surface area contributed by atoms with Crippen molar-refractivity contribution < 1.29 is 14.6 Å². The highest BCUT2D eigenvalue weighted by Crippen LogP contribution is 2.25. The van der Waals surface area contributed by atoms with E-state index in [0.717, 1.165) is 6.42 Å². The van der Waals surface area contributed by atoms with Gasteiger partial charge in [-0.05, 0) is 30.7 Å². The first-order chi connectivity index (χ1) is 8.56. The third-order valence-corrected chi connectivity index (χ3v) is 3.14. The Hall–Kier alpha value is -0.810. The number of benzene rings is 1. The van der Waals surface area contributed by atoms with Gasteiger partial charge in [-0.25, -0.2) is 0 Å². The fraction of sp³-hybridized carbons (Fsp3) is 0.417. The number of ether oxygens (including phenoxy) is 1. The van der Waals surface area contributed by atoms with E-state index in [0.29, 0.717) is 28.8 Å². The molecule has 18 heavy (non-hydrogen) atoms. The Morgan fingerprint density at radius 3 is 2.72 bits per heavy atom. The van der Waals surface area contributed by atoms with Gasteiger partial charge in [0.25, 0.3) is 0 Å². The topological polar surface area (TPSA) is 58.6 Å². The highest BCUT2D eigenvalue weighted by molar-refractivity contribution is 6.42. The molecule has 1 aromatic carbocycles. The van der Waals surface area contributed by atoms with Crippen molar-refractivity contribution in [2.45, 2.75) is 12.5 Å². The SMILES string of the molecule is COCCCNC(C(=O)O)c1ccc(Cl)c(Cl)c1. The monoisotopic (exact) mass is 291 g/mol. The number of hydrogen-bond acceptors (Lipinski definition) is 3. The maximum absolute atomic E-state index is 11.2. The fourth-order valence-corrected chi connectivity index (χ4v) is 1.81. The number of methoxy groups -OCH3 is 1. The molecule has 0 heterocycles. The molecule has 4 nitrogen and oxygen atoms in total. The molecule has 6 heteroatoms. The van der Waals surface area contributed by atoms with Crippen molar-refractivity contribution in [3.8, 4) is 0 Å². The van der Waals surface area contributed by atoms with E-state index < -0.39 is 12.0 Å². The van der Waals surface area contributed by atoms with Gasteiger partial charge in [-0.3, -0.25) is 4.79 Å². The normalized spacial score (nSPS) is 12.4. The molecular weight excluding hydrogens is 277 g/mol. The summed E-state index contributed by atoms with van der Waals surface area (Å²) in [7, 11) is 1.60. The van der Waals surface area contributed by atoms with Crippen LogP contribution in [-0.4, -0.2) is 31.3 Å². The summed E-state index contributed by atoms with van der Waals surface area (Å²) in [4.78, 5) is 11.2. The van der Waals surface area contributed by atoms with Gasteiger partial charge in [0, 0.05) is 13.7 Å². The molecule has 0 saturated carbocycles. The summed E-state index contributed by atoms with van der Waals surface area (Å²) >= 11 is 11.7. The lowest BCUT2D eigenvalue weighted by atomic mass is 10.1. The second kappa shape index (κ2) is 7.59. The number of carbonyl (C=O) groups is 1. The highest BCUT2D eigenvalue weighted by atomic mass is 35.5. The minimum absolute atomic E-state index is 0.346. The zero-order valence-electron chi connectivity index (χ0n) is 9.95. The van der Waals surface area contributed by atoms with E-state index in [1.54, 1.807) is 25.3 Å². The molecule has 0 spiro atoms. The molecule has 100 valence electrons. The second-order valence-corrected chi connectivity index (χ2v) is 4.56. The summed E-state index contributed by atoms with van der Waals surface area (Å²) in [5.41, 5.74) is 0.578. The molecule has 0 bridgehead atoms. The van der Waals surface area contributed by atoms with Crippen molar-refractivity contribution in [1.82, 2.24) is 5.32 Å². The van der Waals surface area contributed by atoms with Gasteiger partial charge in [0.1, 0.15) is 6.04 Å². The Balaban J connectivity index is 2.71. The lowest BCUT2D eigenvalue weighted by Gasteiger charge is -2.15. The van der Waals surface area contributed by atoms with Gasteiger partial charge >= 0.3 is 5.97 Å². The molecule has 0 aliphatic carbocycles. The molecular formula is C12H15Cl2NO3. The van der Waals surface area contributed by atoms with E-state index in [9.17, 15) is 9.90 Å². The molecule has 0 radical (unpaired) electrons. The van der Waals surface area contributed by atoms with Crippen LogP contribution in [0.1, 0.15) is 18.0 Å². The third-order valence-electron chi connectivity index (χ3n) is 2.40. The van der Waals surface area contributed by atoms with Crippen LogP contribution < -0.4 is 5.32 Å². The smallest absolute Gasteiger partial charge is 0.325 e. The molecule has 0 aromatic heterocycles. The summed E-state index contributed by atoms with van der Waals surface area (Å²) in [5, 5.41) is 12.9. The van der Waals surface area contributed by atoms with Gasteiger partial charge in [-0.1, -0.05) is 29.3 Å². The third kappa shape index (κ3) is 4.46. The van der Waals surface area contributed by atoms with E-state index >= 15 is 0 Å². The van der Waals surface area contributed by atoms with Crippen LogP contribution in [0, 0.1) is 0 Å². The van der Waals surface area contributed by atoms with Crippen LogP contribution in [-0.2, 0) is 9.53 Å². The fourth-order valence-electron chi connectivity index (χ4n) is 1.50. The van der Waals surface area contributed by atoms with Crippen molar-refractivity contribution in [3.63, 3.8) is 0 Å². The van der Waals surface area contributed by atoms with Crippen molar-refractivity contribution in [2.75, 3.05) is 20.3 Å². The second-order valence-electron chi connectivity index (χ2n) is 3.75. The Bertz CT molecular complexity index is 412. The van der Waals surface area contributed by atoms with Gasteiger partial charge in [0.05, 0.1) is 10.0 Å². The number of rotatable bonds is 7. The molecule has 2 N–H and O–H groups in total. The molecule has 0 saturated heterocycles. The predicted octanol–water partition coefficient (Wildman–Crippen LogP) is 2.75. The van der Waals surface area contributed by atoms with E-state index in [2.05, 4.69) is 5.32 Å². The van der Waals surface area contributed by atoms with Crippen LogP contribution in [0.4, 0.5) is 0 Å². The minimum atomic E-state index is -0.953. The van der Waals surface area contributed by atoms with Crippen LogP contribution in [0.3, 0.4) is 0 Å². The minimum Gasteiger partial charge on any atom is -0.480 e. The van der Waals surface area contributed by atoms with E-state index in [-0.39, 0.29) is 0 Å². The zero-order chi connectivity index (χ0) is 13.5. The standard InChI is InChI=1S/C12H15Cl2NO3/c1-18-6-2-5-15-11(12(16)17)8-3-4-9(13)10(14)7-8/h3-4,7,11,15H,2,5-6H2,1H3,(H,16,17). The Morgan fingerprint density at radius 2 is 2.17 bits per heavy atom. The Morgan fingerprint density at radius 1 is 1.44 bits per heavy atom. The average molecular weight is 292 g/mol. The van der Waals surface area contributed by atoms with Crippen molar-refractivity contribution in [2.24, 2.45) is 0 Å². The first-order valence-corrected chi connectivity index (χ1v) is 6.22. The van der Waals surface area contributed by atoms with Crippen LogP contribution in [0.25, 0.3) is 0 Å². The number of carboxylic acids is 1. The Kier molecular flexibility index (Phi) is 6.43. The number of hydrogen-bond donors (Lipinski definition) is 2. The lowest BCUT2D eigenvalue weighted by Crippen LogP contribution is -2.29. The summed E-state index contributed by atoms with van der Waals surface area (Å²) in [5.74, 6) is -0.953. The van der Waals surface area contributed by atoms with E-state index in [1.807, 2.05) is 0 Å². The van der Waals surface area contributed by atoms with E-state index in [4.69, 9.17) is 27.9 Å². The van der Waals surface area contributed by atoms with Gasteiger partial charge in [-0.2, -0.15) is 0 Å². The van der Waals surface area contributed by atoms with Gasteiger partial charge in [-0.15, -0.1) is 0 Å². The van der Waals surface area contributed by atoms with Crippen molar-refractivity contribution in [3.05, 3.63) is 33.8 Å². The molecule has 1 aromatic rings. The number of halogens is 2. The van der Waals surface area contributed by atoms with Gasteiger partial charge < -0.3 is 15.2 Å². The first-order valence-electron chi connectivity index (χ1n) is 5.46. The van der Waals surface area contributed by atoms with Crippen molar-refractivity contribution >= 4 is 29.2 Å². The summed E-state index contributed by atoms with van der Waals surface area (Å²) in [6.07, 6.45) is 0.738. The highest BCUT2D eigenvalue weighted by Gasteiger charge is 2.19. The van der Waals surface area contributed by atoms with Gasteiger partial charge in [0.15, 0.2) is 0 Å². The number of carboxylic acid groups (broad SMARTS) is 1. The molecule has 1 rings (SSSR count). The zero-order valence-corrected chi connectivity index (χ0v) is 11.5. The molecule has 0 amide bonds. The quantitative estimate of drug-likeness (QED) is 0.759. The van der Waals surface area contributed by atoms with Crippen LogP contribution in [0.2, 0.25) is 10.0 Å². The number of aliphatic carboxylic acids is 1. The summed E-state index contributed by atoms with van der Waals surface area (Å²) < 4.78 is 4.90. The lowest BCUT2D eigenvalue weighted by molar-refractivity contribution is -0.139. The molecule has 0 aliphatic heterocycles. The van der Waals surface area contributed by atoms with E-state index in [1.165, 1.54) is 0 Å². The van der Waals surface area contributed by atoms with Crippen LogP contribution >= 0.6 is 23.2 Å². The average Bonchev–Trinajstić information content (AvgIpc) is 2.32. The number of nitrogens with one attached hydrogen (secondary N) is 1. The summed E-state index contributed by atoms with van der Waals surface area (Å²) in [6, 6.07) is 4.01. The van der Waals surface area contributed by atoms with Crippen molar-refractivity contribution in [1.29, 1.82) is 0 Å². The van der Waals surface area contributed by atoms with Gasteiger partial charge in [0.2, 0.25) is 0 Å². The maximum atomic E-state index is 11.2. The molecule has 1 unspecified atom stereocenters. The first kappa shape index (κ1) is 15.2. The summed E-state index contributed by atoms with van der Waals surface area (Å²) in [6.45, 7) is 1.13. The Labute approximate surface area is 116 Å². The largest absolute Gasteiger partial charge is 0.480 e. The molecule has 1 atom stereocenters. The predicted molar refractivity (Wildman–Crippen MR) is 71.3 cm³/mol. The molecule has 0 aliphatic rings. The maximum Gasteiger partial charge on any atom is 0.325 e. The molecule has 0 fully saturated rings. The van der Waals surface area contributed by atoms with Crippen LogP contribution in [0.15, 0.2) is 18.2 Å².